The SMILES string of the molecule is CCNC(=NCCC(=O)Nc1ccc(C)cn1)N(C)CC(=O)N(CC)CC. The molecule has 8 nitrogen and oxygen atoms in total. The highest BCUT2D eigenvalue weighted by Gasteiger charge is 2.15. The first-order chi connectivity index (χ1) is 12.9. The molecule has 2 amide bonds. The Morgan fingerprint density at radius 1 is 1.19 bits per heavy atom. The first kappa shape index (κ1) is 22.4. The quantitative estimate of drug-likeness (QED) is 0.503. The van der Waals surface area contributed by atoms with Gasteiger partial charge < -0.3 is 20.4 Å². The predicted molar refractivity (Wildman–Crippen MR) is 109 cm³/mol. The third-order valence-electron chi connectivity index (χ3n) is 3.96. The number of pyridine rings is 1. The van der Waals surface area contributed by atoms with E-state index < -0.39 is 0 Å². The summed E-state index contributed by atoms with van der Waals surface area (Å²) in [6.45, 7) is 10.4. The van der Waals surface area contributed by atoms with Crippen LogP contribution in [-0.4, -0.2) is 72.3 Å². The van der Waals surface area contributed by atoms with Gasteiger partial charge in [-0.3, -0.25) is 14.6 Å². The predicted octanol–water partition coefficient (Wildman–Crippen LogP) is 1.48. The molecule has 150 valence electrons. The van der Waals surface area contributed by atoms with Crippen molar-refractivity contribution in [3.05, 3.63) is 23.9 Å². The molecule has 0 radical (unpaired) electrons. The van der Waals surface area contributed by atoms with Gasteiger partial charge >= 0.3 is 0 Å². The van der Waals surface area contributed by atoms with Crippen LogP contribution in [0.25, 0.3) is 0 Å². The van der Waals surface area contributed by atoms with E-state index in [9.17, 15) is 9.59 Å². The van der Waals surface area contributed by atoms with Gasteiger partial charge in [0.25, 0.3) is 0 Å². The van der Waals surface area contributed by atoms with E-state index in [1.165, 1.54) is 0 Å². The molecule has 0 aliphatic rings. The van der Waals surface area contributed by atoms with Crippen LogP contribution in [0.15, 0.2) is 23.3 Å². The van der Waals surface area contributed by atoms with Gasteiger partial charge in [-0.05, 0) is 39.3 Å². The van der Waals surface area contributed by atoms with Crippen LogP contribution >= 0.6 is 0 Å². The van der Waals surface area contributed by atoms with E-state index in [4.69, 9.17) is 0 Å². The van der Waals surface area contributed by atoms with Crippen LogP contribution in [0.5, 0.6) is 0 Å². The second-order valence-electron chi connectivity index (χ2n) is 6.18. The van der Waals surface area contributed by atoms with Crippen LogP contribution in [0.2, 0.25) is 0 Å². The molecule has 0 aromatic carbocycles. The number of hydrogen-bond donors (Lipinski definition) is 2. The van der Waals surface area contributed by atoms with Crippen molar-refractivity contribution in [2.45, 2.75) is 34.1 Å². The average Bonchev–Trinajstić information content (AvgIpc) is 2.64. The maximum atomic E-state index is 12.3. The normalized spacial score (nSPS) is 11.1. The maximum absolute atomic E-state index is 12.3. The van der Waals surface area contributed by atoms with Crippen LogP contribution in [-0.2, 0) is 9.59 Å². The molecular formula is C19H32N6O2. The van der Waals surface area contributed by atoms with Gasteiger partial charge in [0.1, 0.15) is 5.82 Å². The lowest BCUT2D eigenvalue weighted by atomic mass is 10.3. The zero-order valence-corrected chi connectivity index (χ0v) is 17.1. The molecule has 0 unspecified atom stereocenters. The molecule has 8 heteroatoms. The summed E-state index contributed by atoms with van der Waals surface area (Å²) in [4.78, 5) is 36.5. The Bertz CT molecular complexity index is 626. The van der Waals surface area contributed by atoms with E-state index in [0.717, 1.165) is 5.56 Å². The Hall–Kier alpha value is -2.64. The van der Waals surface area contributed by atoms with Crippen molar-refractivity contribution in [2.75, 3.05) is 45.1 Å². The minimum Gasteiger partial charge on any atom is -0.357 e. The molecule has 0 atom stereocenters. The summed E-state index contributed by atoms with van der Waals surface area (Å²) in [5, 5.41) is 5.91. The van der Waals surface area contributed by atoms with Crippen molar-refractivity contribution in [3.63, 3.8) is 0 Å². The number of aliphatic imine (C=N–C) groups is 1. The molecule has 0 aliphatic heterocycles. The largest absolute Gasteiger partial charge is 0.357 e. The van der Waals surface area contributed by atoms with Gasteiger partial charge in [0, 0.05) is 39.3 Å². The molecular weight excluding hydrogens is 344 g/mol. The van der Waals surface area contributed by atoms with E-state index >= 15 is 0 Å². The Labute approximate surface area is 162 Å². The van der Waals surface area contributed by atoms with Crippen LogP contribution in [0.4, 0.5) is 5.82 Å². The van der Waals surface area contributed by atoms with E-state index in [1.54, 1.807) is 22.1 Å². The van der Waals surface area contributed by atoms with Gasteiger partial charge in [-0.1, -0.05) is 6.07 Å². The van der Waals surface area contributed by atoms with Crippen molar-refractivity contribution in [1.29, 1.82) is 0 Å². The van der Waals surface area contributed by atoms with Gasteiger partial charge in [-0.15, -0.1) is 0 Å². The Morgan fingerprint density at radius 3 is 2.44 bits per heavy atom. The molecule has 0 fully saturated rings. The fourth-order valence-electron chi connectivity index (χ4n) is 2.43. The van der Waals surface area contributed by atoms with Gasteiger partial charge in [-0.25, -0.2) is 4.98 Å². The second kappa shape index (κ2) is 11.9. The number of anilines is 1. The van der Waals surface area contributed by atoms with Crippen molar-refractivity contribution < 1.29 is 9.59 Å². The number of carbonyl (C=O) groups excluding carboxylic acids is 2. The second-order valence-corrected chi connectivity index (χ2v) is 6.18. The average molecular weight is 377 g/mol. The maximum Gasteiger partial charge on any atom is 0.242 e. The summed E-state index contributed by atoms with van der Waals surface area (Å²) >= 11 is 0. The third kappa shape index (κ3) is 8.06. The molecule has 1 rings (SSSR count). The van der Waals surface area contributed by atoms with Crippen molar-refractivity contribution >= 4 is 23.6 Å². The number of hydrogen-bond acceptors (Lipinski definition) is 4. The number of amides is 2. The monoisotopic (exact) mass is 376 g/mol. The number of aromatic nitrogens is 1. The van der Waals surface area contributed by atoms with E-state index in [1.807, 2.05) is 40.8 Å². The highest BCUT2D eigenvalue weighted by atomic mass is 16.2. The molecule has 1 aromatic heterocycles. The number of nitrogens with zero attached hydrogens (tertiary/aromatic N) is 4. The Balaban J connectivity index is 2.57. The minimum absolute atomic E-state index is 0.0521. The first-order valence-electron chi connectivity index (χ1n) is 9.40. The van der Waals surface area contributed by atoms with Gasteiger partial charge in [0.15, 0.2) is 5.96 Å². The standard InChI is InChI=1S/C19H32N6O2/c1-6-20-19(24(5)14-18(27)25(7-2)8-3)21-12-11-17(26)23-16-10-9-15(4)13-22-16/h9-10,13H,6-8,11-12,14H2,1-5H3,(H,20,21)(H,22,23,26). The molecule has 0 spiro atoms. The Kier molecular flexibility index (Phi) is 9.85. The highest BCUT2D eigenvalue weighted by Crippen LogP contribution is 2.04. The van der Waals surface area contributed by atoms with Crippen LogP contribution in [0, 0.1) is 6.92 Å². The summed E-state index contributed by atoms with van der Waals surface area (Å²) in [5.74, 6) is 1.05. The number of carbonyl (C=O) groups is 2. The molecule has 2 N–H and O–H groups in total. The number of rotatable bonds is 9. The summed E-state index contributed by atoms with van der Waals surface area (Å²) in [6.07, 6.45) is 1.95. The zero-order chi connectivity index (χ0) is 20.2. The first-order valence-corrected chi connectivity index (χ1v) is 9.40. The summed E-state index contributed by atoms with van der Waals surface area (Å²) in [7, 11) is 1.82. The summed E-state index contributed by atoms with van der Waals surface area (Å²) < 4.78 is 0. The fourth-order valence-corrected chi connectivity index (χ4v) is 2.43. The minimum atomic E-state index is -0.146. The molecule has 0 saturated heterocycles. The van der Waals surface area contributed by atoms with E-state index in [-0.39, 0.29) is 24.8 Å². The van der Waals surface area contributed by atoms with Crippen LogP contribution in [0.1, 0.15) is 32.8 Å². The molecule has 0 saturated carbocycles. The van der Waals surface area contributed by atoms with Crippen LogP contribution in [0.3, 0.4) is 0 Å². The molecule has 1 heterocycles. The lowest BCUT2D eigenvalue weighted by Gasteiger charge is -2.25. The number of aryl methyl sites for hydroxylation is 1. The third-order valence-corrected chi connectivity index (χ3v) is 3.96. The van der Waals surface area contributed by atoms with Crippen LogP contribution < -0.4 is 10.6 Å². The van der Waals surface area contributed by atoms with Gasteiger partial charge in [-0.2, -0.15) is 0 Å². The smallest absolute Gasteiger partial charge is 0.242 e. The van der Waals surface area contributed by atoms with Gasteiger partial charge in [0.05, 0.1) is 13.1 Å². The molecule has 27 heavy (non-hydrogen) atoms. The fraction of sp³-hybridized carbons (Fsp3) is 0.579. The molecule has 1 aromatic rings. The topological polar surface area (TPSA) is 89.9 Å². The number of guanidine groups is 1. The zero-order valence-electron chi connectivity index (χ0n) is 17.1. The number of likely N-dealkylation sites (N-methyl/N-ethyl adjacent to an activating group) is 2. The van der Waals surface area contributed by atoms with Crippen molar-refractivity contribution in [2.24, 2.45) is 4.99 Å². The lowest BCUT2D eigenvalue weighted by molar-refractivity contribution is -0.131. The summed E-state index contributed by atoms with van der Waals surface area (Å²) in [5.41, 5.74) is 1.04. The Morgan fingerprint density at radius 2 is 1.89 bits per heavy atom. The van der Waals surface area contributed by atoms with E-state index in [2.05, 4.69) is 20.6 Å². The van der Waals surface area contributed by atoms with Gasteiger partial charge in [0.2, 0.25) is 11.8 Å². The summed E-state index contributed by atoms with van der Waals surface area (Å²) in [6, 6.07) is 3.67. The van der Waals surface area contributed by atoms with Crippen molar-refractivity contribution in [1.82, 2.24) is 20.1 Å². The lowest BCUT2D eigenvalue weighted by Crippen LogP contribution is -2.45. The molecule has 0 bridgehead atoms. The molecule has 0 aliphatic carbocycles. The number of nitrogens with one attached hydrogen (secondary N) is 2. The van der Waals surface area contributed by atoms with E-state index in [0.29, 0.717) is 38.0 Å². The highest BCUT2D eigenvalue weighted by molar-refractivity contribution is 5.90. The van der Waals surface area contributed by atoms with Crippen molar-refractivity contribution in [3.8, 4) is 0 Å².